The Hall–Kier alpha value is -6.44. The van der Waals surface area contributed by atoms with Gasteiger partial charge in [0.15, 0.2) is 0 Å². The van der Waals surface area contributed by atoms with Crippen LogP contribution in [0.15, 0.2) is 182 Å². The molecule has 0 saturated carbocycles. The highest BCUT2D eigenvalue weighted by atomic mass is 15.1. The van der Waals surface area contributed by atoms with E-state index in [4.69, 9.17) is 0 Å². The van der Waals surface area contributed by atoms with Gasteiger partial charge in [-0.1, -0.05) is 166 Å². The van der Waals surface area contributed by atoms with Crippen molar-refractivity contribution in [2.24, 2.45) is 0 Å². The number of fused-ring (bicyclic) bond motifs is 5. The molecule has 7 aromatic carbocycles. The van der Waals surface area contributed by atoms with Gasteiger partial charge < -0.3 is 4.90 Å². The molecule has 0 heterocycles. The van der Waals surface area contributed by atoms with Crippen molar-refractivity contribution < 1.29 is 0 Å². The lowest BCUT2D eigenvalue weighted by Gasteiger charge is -2.35. The Morgan fingerprint density at radius 1 is 0.542 bits per heavy atom. The van der Waals surface area contributed by atoms with E-state index in [-0.39, 0.29) is 10.8 Å². The van der Waals surface area contributed by atoms with Crippen molar-refractivity contribution in [3.8, 4) is 11.1 Å². The number of nitrogens with zero attached hydrogens (tertiary/aromatic N) is 1. The molecule has 0 saturated heterocycles. The van der Waals surface area contributed by atoms with E-state index < -0.39 is 0 Å². The Morgan fingerprint density at radius 3 is 1.76 bits per heavy atom. The van der Waals surface area contributed by atoms with Gasteiger partial charge in [-0.15, -0.1) is 0 Å². The van der Waals surface area contributed by atoms with Gasteiger partial charge in [-0.05, 0) is 154 Å². The van der Waals surface area contributed by atoms with E-state index in [1.54, 1.807) is 0 Å². The van der Waals surface area contributed by atoms with Crippen LogP contribution in [0.3, 0.4) is 0 Å². The van der Waals surface area contributed by atoms with Crippen molar-refractivity contribution in [2.45, 2.75) is 64.2 Å². The zero-order valence-electron chi connectivity index (χ0n) is 34.7. The first-order valence-corrected chi connectivity index (χ1v) is 21.5. The molecule has 1 heteroatoms. The number of aryl methyl sites for hydroxylation is 2. The molecule has 0 aromatic heterocycles. The van der Waals surface area contributed by atoms with Gasteiger partial charge in [0.05, 0.1) is 5.41 Å². The highest BCUT2D eigenvalue weighted by Gasteiger charge is 2.47. The molecule has 10 rings (SSSR count). The van der Waals surface area contributed by atoms with Crippen LogP contribution in [0.1, 0.15) is 95.2 Å². The predicted molar refractivity (Wildman–Crippen MR) is 251 cm³/mol. The van der Waals surface area contributed by atoms with E-state index in [0.717, 1.165) is 25.7 Å². The van der Waals surface area contributed by atoms with E-state index in [0.29, 0.717) is 0 Å². The Balaban J connectivity index is 1.07. The van der Waals surface area contributed by atoms with Crippen LogP contribution in [0.25, 0.3) is 28.9 Å². The molecular formula is C58H51N. The van der Waals surface area contributed by atoms with Gasteiger partial charge in [0.2, 0.25) is 0 Å². The predicted octanol–water partition coefficient (Wildman–Crippen LogP) is 15.5. The average Bonchev–Trinajstić information content (AvgIpc) is 3.74. The fourth-order valence-corrected chi connectivity index (χ4v) is 10.9. The topological polar surface area (TPSA) is 3.24 Å². The lowest BCUT2D eigenvalue weighted by molar-refractivity contribution is 0.490. The van der Waals surface area contributed by atoms with E-state index in [9.17, 15) is 0 Å². The number of benzene rings is 7. The van der Waals surface area contributed by atoms with Gasteiger partial charge in [0.1, 0.15) is 0 Å². The van der Waals surface area contributed by atoms with Gasteiger partial charge in [-0.3, -0.25) is 0 Å². The summed E-state index contributed by atoms with van der Waals surface area (Å²) in [6, 6.07) is 61.5. The lowest BCUT2D eigenvalue weighted by Crippen LogP contribution is -2.29. The van der Waals surface area contributed by atoms with Gasteiger partial charge in [0, 0.05) is 22.5 Å². The molecule has 1 nitrogen and oxygen atoms in total. The minimum atomic E-state index is -0.359. The normalized spacial score (nSPS) is 15.5. The van der Waals surface area contributed by atoms with Crippen LogP contribution in [-0.4, -0.2) is 0 Å². The minimum absolute atomic E-state index is 0.0808. The summed E-state index contributed by atoms with van der Waals surface area (Å²) in [5, 5.41) is 0. The first-order valence-electron chi connectivity index (χ1n) is 21.5. The largest absolute Gasteiger partial charge is 0.310 e. The first-order chi connectivity index (χ1) is 29.0. The third-order valence-corrected chi connectivity index (χ3v) is 13.6. The molecule has 7 aromatic rings. The van der Waals surface area contributed by atoms with Gasteiger partial charge in [-0.25, -0.2) is 0 Å². The zero-order valence-corrected chi connectivity index (χ0v) is 34.7. The van der Waals surface area contributed by atoms with Crippen LogP contribution in [-0.2, 0) is 10.8 Å². The summed E-state index contributed by atoms with van der Waals surface area (Å²) in [7, 11) is 0. The van der Waals surface area contributed by atoms with Gasteiger partial charge in [-0.2, -0.15) is 0 Å². The maximum Gasteiger partial charge on any atom is 0.0710 e. The number of allylic oxidation sites excluding steroid dienone is 4. The molecular weight excluding hydrogens is 711 g/mol. The second-order valence-electron chi connectivity index (χ2n) is 16.8. The molecule has 0 radical (unpaired) electrons. The third kappa shape index (κ3) is 5.82. The van der Waals surface area contributed by atoms with Crippen LogP contribution in [0, 0.1) is 13.8 Å². The molecule has 0 bridgehead atoms. The number of rotatable bonds is 9. The third-order valence-electron chi connectivity index (χ3n) is 13.6. The molecule has 0 atom stereocenters. The fraction of sp³-hybridized carbons (Fsp3) is 0.172. The Bertz CT molecular complexity index is 2730. The molecule has 0 fully saturated rings. The van der Waals surface area contributed by atoms with Crippen LogP contribution in [0.4, 0.5) is 17.1 Å². The summed E-state index contributed by atoms with van der Waals surface area (Å²) in [4.78, 5) is 2.43. The van der Waals surface area contributed by atoms with E-state index in [2.05, 4.69) is 221 Å². The van der Waals surface area contributed by atoms with Crippen LogP contribution >= 0.6 is 0 Å². The van der Waals surface area contributed by atoms with Crippen molar-refractivity contribution in [3.63, 3.8) is 0 Å². The second kappa shape index (κ2) is 14.7. The van der Waals surface area contributed by atoms with Crippen LogP contribution in [0.5, 0.6) is 0 Å². The second-order valence-corrected chi connectivity index (χ2v) is 16.8. The average molecular weight is 762 g/mol. The van der Waals surface area contributed by atoms with Gasteiger partial charge in [0.25, 0.3) is 0 Å². The summed E-state index contributed by atoms with van der Waals surface area (Å²) >= 11 is 0. The van der Waals surface area contributed by atoms with E-state index >= 15 is 0 Å². The van der Waals surface area contributed by atoms with Crippen molar-refractivity contribution in [1.82, 2.24) is 0 Å². The molecule has 3 aliphatic carbocycles. The first kappa shape index (κ1) is 36.9. The number of hydrogen-bond acceptors (Lipinski definition) is 1. The molecule has 0 spiro atoms. The highest BCUT2D eigenvalue weighted by molar-refractivity contribution is 5.93. The molecule has 0 aliphatic heterocycles. The summed E-state index contributed by atoms with van der Waals surface area (Å²) in [5.41, 5.74) is 22.1. The van der Waals surface area contributed by atoms with Gasteiger partial charge >= 0.3 is 0 Å². The molecule has 0 unspecified atom stereocenters. The quantitative estimate of drug-likeness (QED) is 0.132. The SMILES string of the molecule is CCC1(CC)c2cc(/C=C/c3cccc4c3C3=C(C=CCC3)C4(c3ccccc3)c3ccccc3)ccc2-c2ccc(N(c3cccc(C)c3)c3cccc(C)c3)cc21. The van der Waals surface area contributed by atoms with Crippen molar-refractivity contribution >= 4 is 34.8 Å². The van der Waals surface area contributed by atoms with Crippen molar-refractivity contribution in [2.75, 3.05) is 4.90 Å². The zero-order chi connectivity index (χ0) is 40.1. The summed E-state index contributed by atoms with van der Waals surface area (Å²) < 4.78 is 0. The molecule has 0 amide bonds. The van der Waals surface area contributed by atoms with Crippen molar-refractivity contribution in [3.05, 3.63) is 237 Å². The monoisotopic (exact) mass is 761 g/mol. The van der Waals surface area contributed by atoms with E-state index in [1.807, 2.05) is 0 Å². The molecule has 59 heavy (non-hydrogen) atoms. The molecule has 3 aliphatic rings. The summed E-state index contributed by atoms with van der Waals surface area (Å²) in [5.74, 6) is 0. The Kier molecular flexibility index (Phi) is 9.21. The Morgan fingerprint density at radius 2 is 1.14 bits per heavy atom. The molecule has 0 N–H and O–H groups in total. The van der Waals surface area contributed by atoms with Crippen LogP contribution < -0.4 is 4.90 Å². The van der Waals surface area contributed by atoms with Crippen LogP contribution in [0.2, 0.25) is 0 Å². The summed E-state index contributed by atoms with van der Waals surface area (Å²) in [6.45, 7) is 9.11. The lowest BCUT2D eigenvalue weighted by atomic mass is 9.66. The smallest absolute Gasteiger partial charge is 0.0710 e. The standard InChI is InChI=1S/C58H51N/c1-5-57(6-2)54-38-42(31-34-49(54)50-35-33-48(39-55(50)57)59(46-25-15-18-40(3)36-46)47-26-16-19-41(4)37-47)30-32-43-20-17-29-53-56(43)51-27-13-14-28-52(51)58(53,44-21-9-7-10-22-44)45-23-11-8-12-24-45/h7-12,14-26,28-39H,5-6,13,27H2,1-4H3/b32-30+. The number of hydrogen-bond donors (Lipinski definition) is 0. The number of anilines is 3. The minimum Gasteiger partial charge on any atom is -0.310 e. The Labute approximate surface area is 350 Å². The summed E-state index contributed by atoms with van der Waals surface area (Å²) in [6.07, 6.45) is 13.7. The molecule has 288 valence electrons. The highest BCUT2D eigenvalue weighted by Crippen LogP contribution is 2.58. The van der Waals surface area contributed by atoms with Crippen molar-refractivity contribution in [1.29, 1.82) is 0 Å². The fourth-order valence-electron chi connectivity index (χ4n) is 10.9. The maximum atomic E-state index is 2.49. The van der Waals surface area contributed by atoms with E-state index in [1.165, 1.54) is 95.0 Å². The maximum absolute atomic E-state index is 2.49.